The fourth-order valence-corrected chi connectivity index (χ4v) is 4.46. The van der Waals surface area contributed by atoms with Gasteiger partial charge in [-0.15, -0.1) is 6.58 Å². The summed E-state index contributed by atoms with van der Waals surface area (Å²) in [5, 5.41) is 12.9. The van der Waals surface area contributed by atoms with Crippen LogP contribution in [0.2, 0.25) is 0 Å². The molecule has 0 radical (unpaired) electrons. The van der Waals surface area contributed by atoms with E-state index in [1.54, 1.807) is 6.08 Å². The van der Waals surface area contributed by atoms with Crippen molar-refractivity contribution in [3.63, 3.8) is 0 Å². The Morgan fingerprint density at radius 1 is 1.36 bits per heavy atom. The van der Waals surface area contributed by atoms with Crippen molar-refractivity contribution in [2.75, 3.05) is 0 Å². The molecule has 0 aromatic carbocycles. The Bertz CT molecular complexity index is 591. The number of carbonyl (C=O) groups is 1. The third-order valence-corrected chi connectivity index (χ3v) is 6.31. The van der Waals surface area contributed by atoms with Gasteiger partial charge in [-0.1, -0.05) is 30.7 Å². The monoisotopic (exact) mass is 303 g/mol. The summed E-state index contributed by atoms with van der Waals surface area (Å²) < 4.78 is 5.80. The summed E-state index contributed by atoms with van der Waals surface area (Å²) >= 11 is 0. The number of ether oxygens (including phenoxy) is 1. The maximum absolute atomic E-state index is 12.3. The molecule has 2 aliphatic carbocycles. The van der Waals surface area contributed by atoms with Gasteiger partial charge in [-0.05, 0) is 44.1 Å². The molecule has 4 heteroatoms. The van der Waals surface area contributed by atoms with Crippen LogP contribution < -0.4 is 0 Å². The minimum absolute atomic E-state index is 0.182. The van der Waals surface area contributed by atoms with Gasteiger partial charge in [0.25, 0.3) is 0 Å². The molecule has 1 saturated heterocycles. The first-order valence-electron chi connectivity index (χ1n) is 8.15. The Balaban J connectivity index is 2.05. The Labute approximate surface area is 131 Å². The molecule has 3 aliphatic rings. The lowest BCUT2D eigenvalue weighted by molar-refractivity contribution is -0.150. The highest BCUT2D eigenvalue weighted by Gasteiger charge is 2.56. The number of hydrogen-bond donors (Lipinski definition) is 1. The van der Waals surface area contributed by atoms with Gasteiger partial charge in [-0.3, -0.25) is 4.79 Å². The number of nitrogens with zero attached hydrogens (tertiary/aromatic N) is 1. The number of hydrogen-bond acceptors (Lipinski definition) is 4. The first-order valence-corrected chi connectivity index (χ1v) is 8.15. The quantitative estimate of drug-likeness (QED) is 0.365. The molecule has 0 bridgehead atoms. The van der Waals surface area contributed by atoms with Crippen molar-refractivity contribution in [2.24, 2.45) is 21.9 Å². The van der Waals surface area contributed by atoms with Crippen LogP contribution in [-0.2, 0) is 9.53 Å². The second-order valence-corrected chi connectivity index (χ2v) is 7.47. The van der Waals surface area contributed by atoms with Crippen LogP contribution in [0.15, 0.2) is 29.0 Å². The highest BCUT2D eigenvalue weighted by molar-refractivity contribution is 6.04. The van der Waals surface area contributed by atoms with E-state index in [4.69, 9.17) is 4.74 Å². The average Bonchev–Trinajstić information content (AvgIpc) is 3.06. The van der Waals surface area contributed by atoms with Gasteiger partial charge in [0.1, 0.15) is 6.10 Å². The number of oxime groups is 1. The summed E-state index contributed by atoms with van der Waals surface area (Å²) in [7, 11) is 0. The lowest BCUT2D eigenvalue weighted by atomic mass is 9.60. The summed E-state index contributed by atoms with van der Waals surface area (Å²) in [4.78, 5) is 12.3. The van der Waals surface area contributed by atoms with Gasteiger partial charge < -0.3 is 9.94 Å². The molecule has 1 N–H and O–H groups in total. The van der Waals surface area contributed by atoms with Crippen molar-refractivity contribution in [2.45, 2.75) is 59.0 Å². The first kappa shape index (κ1) is 15.3. The van der Waals surface area contributed by atoms with Crippen LogP contribution in [0.25, 0.3) is 0 Å². The van der Waals surface area contributed by atoms with Crippen LogP contribution in [0, 0.1) is 16.7 Å². The lowest BCUT2D eigenvalue weighted by Crippen LogP contribution is -2.44. The third-order valence-electron chi connectivity index (χ3n) is 6.31. The largest absolute Gasteiger partial charge is 0.461 e. The molecule has 4 atom stereocenters. The zero-order chi connectivity index (χ0) is 16.1. The fourth-order valence-electron chi connectivity index (χ4n) is 4.46. The van der Waals surface area contributed by atoms with E-state index in [1.807, 2.05) is 6.92 Å². The number of carbonyl (C=O) groups excluding carboxylic acids is 1. The van der Waals surface area contributed by atoms with Crippen LogP contribution in [0.1, 0.15) is 52.9 Å². The lowest BCUT2D eigenvalue weighted by Gasteiger charge is -2.44. The SMILES string of the molecule is C=C[C@]1(C)C[C@H]([C@@]2(C)C3=C(CC/C3=N/O)CC[C@H]2C)OC1=O. The molecule has 4 nitrogen and oxygen atoms in total. The van der Waals surface area contributed by atoms with Gasteiger partial charge in [0.2, 0.25) is 0 Å². The molecule has 0 spiro atoms. The Morgan fingerprint density at radius 2 is 2.09 bits per heavy atom. The third kappa shape index (κ3) is 1.89. The molecular formula is C18H25NO3. The Hall–Kier alpha value is -1.58. The minimum atomic E-state index is -0.610. The van der Waals surface area contributed by atoms with E-state index in [1.165, 1.54) is 5.57 Å². The topological polar surface area (TPSA) is 58.9 Å². The standard InChI is InChI=1S/C18H25NO3/c1-5-17(3)10-14(22-16(17)20)18(4)11(2)6-7-12-8-9-13(19-21)15(12)18/h5,11,14,21H,1,6-10H2,2-4H3/b19-13-/t11-,14-,17-,18+/m1/s1. The maximum atomic E-state index is 12.3. The van der Waals surface area contributed by atoms with Crippen LogP contribution in [0.3, 0.4) is 0 Å². The van der Waals surface area contributed by atoms with E-state index >= 15 is 0 Å². The van der Waals surface area contributed by atoms with E-state index in [9.17, 15) is 10.0 Å². The molecule has 0 aromatic heterocycles. The van der Waals surface area contributed by atoms with Crippen molar-refractivity contribution >= 4 is 11.7 Å². The summed E-state index contributed by atoms with van der Waals surface area (Å²) in [6, 6.07) is 0. The molecule has 1 heterocycles. The summed E-state index contributed by atoms with van der Waals surface area (Å²) in [6.07, 6.45) is 6.08. The van der Waals surface area contributed by atoms with Gasteiger partial charge >= 0.3 is 5.97 Å². The van der Waals surface area contributed by atoms with Crippen molar-refractivity contribution in [3.8, 4) is 0 Å². The molecule has 0 aromatic rings. The Kier molecular flexibility index (Phi) is 3.46. The number of esters is 1. The second-order valence-electron chi connectivity index (χ2n) is 7.47. The van der Waals surface area contributed by atoms with E-state index < -0.39 is 5.41 Å². The number of rotatable bonds is 2. The zero-order valence-electron chi connectivity index (χ0n) is 13.7. The van der Waals surface area contributed by atoms with E-state index in [2.05, 4.69) is 25.6 Å². The molecule has 120 valence electrons. The Morgan fingerprint density at radius 3 is 2.68 bits per heavy atom. The average molecular weight is 303 g/mol. The summed E-state index contributed by atoms with van der Waals surface area (Å²) in [5.41, 5.74) is 2.44. The van der Waals surface area contributed by atoms with Crippen molar-refractivity contribution in [1.82, 2.24) is 0 Å². The molecule has 0 saturated carbocycles. The zero-order valence-corrected chi connectivity index (χ0v) is 13.7. The molecule has 3 rings (SSSR count). The highest BCUT2D eigenvalue weighted by atomic mass is 16.6. The van der Waals surface area contributed by atoms with Crippen LogP contribution in [0.4, 0.5) is 0 Å². The second kappa shape index (κ2) is 4.97. The van der Waals surface area contributed by atoms with Gasteiger partial charge in [0.05, 0.1) is 11.1 Å². The molecular weight excluding hydrogens is 278 g/mol. The molecule has 1 aliphatic heterocycles. The number of allylic oxidation sites excluding steroid dienone is 1. The predicted molar refractivity (Wildman–Crippen MR) is 84.8 cm³/mol. The molecule has 22 heavy (non-hydrogen) atoms. The maximum Gasteiger partial charge on any atom is 0.316 e. The van der Waals surface area contributed by atoms with Crippen LogP contribution >= 0.6 is 0 Å². The number of cyclic esters (lactones) is 1. The van der Waals surface area contributed by atoms with Gasteiger partial charge in [-0.2, -0.15) is 0 Å². The van der Waals surface area contributed by atoms with Crippen LogP contribution in [-0.4, -0.2) is 23.0 Å². The summed E-state index contributed by atoms with van der Waals surface area (Å²) in [5.74, 6) is 0.195. The van der Waals surface area contributed by atoms with Crippen molar-refractivity contribution in [3.05, 3.63) is 23.8 Å². The van der Waals surface area contributed by atoms with E-state index in [0.29, 0.717) is 12.3 Å². The van der Waals surface area contributed by atoms with E-state index in [0.717, 1.165) is 37.0 Å². The van der Waals surface area contributed by atoms with Gasteiger partial charge in [0.15, 0.2) is 0 Å². The fraction of sp³-hybridized carbons (Fsp3) is 0.667. The molecule has 0 amide bonds. The molecule has 0 unspecified atom stereocenters. The van der Waals surface area contributed by atoms with Crippen molar-refractivity contribution < 1.29 is 14.7 Å². The normalized spacial score (nSPS) is 43.4. The summed E-state index contributed by atoms with van der Waals surface area (Å²) in [6.45, 7) is 10.1. The predicted octanol–water partition coefficient (Wildman–Crippen LogP) is 3.85. The van der Waals surface area contributed by atoms with Crippen LogP contribution in [0.5, 0.6) is 0 Å². The van der Waals surface area contributed by atoms with E-state index in [-0.39, 0.29) is 17.5 Å². The first-order chi connectivity index (χ1) is 10.4. The highest BCUT2D eigenvalue weighted by Crippen LogP contribution is 2.56. The van der Waals surface area contributed by atoms with Gasteiger partial charge in [-0.25, -0.2) is 0 Å². The van der Waals surface area contributed by atoms with Crippen molar-refractivity contribution in [1.29, 1.82) is 0 Å². The minimum Gasteiger partial charge on any atom is -0.461 e. The molecule has 1 fully saturated rings. The smallest absolute Gasteiger partial charge is 0.316 e. The van der Waals surface area contributed by atoms with Gasteiger partial charge in [0, 0.05) is 11.8 Å².